The number of amides is 1. The second-order valence-electron chi connectivity index (χ2n) is 6.25. The number of pyridine rings is 1. The van der Waals surface area contributed by atoms with E-state index in [9.17, 15) is 13.2 Å². The summed E-state index contributed by atoms with van der Waals surface area (Å²) in [5.74, 6) is 0.377. The molecule has 0 radical (unpaired) electrons. The van der Waals surface area contributed by atoms with Crippen molar-refractivity contribution >= 4 is 21.4 Å². The second kappa shape index (κ2) is 7.65. The summed E-state index contributed by atoms with van der Waals surface area (Å²) in [7, 11) is -2.87. The van der Waals surface area contributed by atoms with Gasteiger partial charge >= 0.3 is 0 Å². The Bertz CT molecular complexity index is 838. The maximum absolute atomic E-state index is 12.2. The molecule has 6 nitrogen and oxygen atoms in total. The Morgan fingerprint density at radius 1 is 1.20 bits per heavy atom. The van der Waals surface area contributed by atoms with Crippen LogP contribution in [0.4, 0.5) is 5.69 Å². The molecule has 132 valence electrons. The van der Waals surface area contributed by atoms with E-state index < -0.39 is 9.84 Å². The number of carbonyl (C=O) groups is 1. The van der Waals surface area contributed by atoms with Crippen LogP contribution in [0.2, 0.25) is 0 Å². The highest BCUT2D eigenvalue weighted by molar-refractivity contribution is 7.91. The van der Waals surface area contributed by atoms with Gasteiger partial charge in [-0.1, -0.05) is 30.3 Å². The van der Waals surface area contributed by atoms with Crippen molar-refractivity contribution in [3.8, 4) is 0 Å². The first kappa shape index (κ1) is 17.4. The zero-order valence-electron chi connectivity index (χ0n) is 13.8. The molecular formula is C18H21N3O3S. The first-order valence-electron chi connectivity index (χ1n) is 8.24. The molecular weight excluding hydrogens is 338 g/mol. The third-order valence-corrected chi connectivity index (χ3v) is 6.05. The van der Waals surface area contributed by atoms with E-state index in [1.54, 1.807) is 18.3 Å². The zero-order chi connectivity index (χ0) is 17.7. The maximum atomic E-state index is 12.2. The van der Waals surface area contributed by atoms with Gasteiger partial charge in [0.05, 0.1) is 11.5 Å². The van der Waals surface area contributed by atoms with Crippen LogP contribution >= 0.6 is 0 Å². The summed E-state index contributed by atoms with van der Waals surface area (Å²) in [4.78, 5) is 16.3. The normalized spacial score (nSPS) is 18.6. The van der Waals surface area contributed by atoms with Gasteiger partial charge in [0.25, 0.3) is 5.91 Å². The fourth-order valence-electron chi connectivity index (χ4n) is 2.83. The van der Waals surface area contributed by atoms with Crippen LogP contribution in [0.1, 0.15) is 22.5 Å². The number of rotatable bonds is 6. The van der Waals surface area contributed by atoms with Crippen molar-refractivity contribution in [2.24, 2.45) is 5.92 Å². The van der Waals surface area contributed by atoms with Crippen LogP contribution in [0.3, 0.4) is 0 Å². The summed E-state index contributed by atoms with van der Waals surface area (Å²) in [6.45, 7) is 1.02. The highest BCUT2D eigenvalue weighted by atomic mass is 32.2. The predicted molar refractivity (Wildman–Crippen MR) is 97.1 cm³/mol. The fraction of sp³-hybridized carbons (Fsp3) is 0.333. The third-order valence-electron chi connectivity index (χ3n) is 4.21. The van der Waals surface area contributed by atoms with E-state index >= 15 is 0 Å². The molecule has 25 heavy (non-hydrogen) atoms. The van der Waals surface area contributed by atoms with Crippen molar-refractivity contribution in [3.05, 3.63) is 59.9 Å². The van der Waals surface area contributed by atoms with Crippen LogP contribution < -0.4 is 10.6 Å². The molecule has 1 unspecified atom stereocenters. The summed E-state index contributed by atoms with van der Waals surface area (Å²) in [5, 5.41) is 6.05. The first-order chi connectivity index (χ1) is 12.0. The number of carbonyl (C=O) groups excluding carboxylic acids is 1. The van der Waals surface area contributed by atoms with Crippen LogP contribution in [0.5, 0.6) is 0 Å². The minimum Gasteiger partial charge on any atom is -0.385 e. The summed E-state index contributed by atoms with van der Waals surface area (Å²) >= 11 is 0. The lowest BCUT2D eigenvalue weighted by molar-refractivity contribution is 0.0946. The molecule has 1 saturated heterocycles. The highest BCUT2D eigenvalue weighted by Gasteiger charge is 2.27. The zero-order valence-corrected chi connectivity index (χ0v) is 14.6. The number of benzene rings is 1. The third kappa shape index (κ3) is 5.03. The van der Waals surface area contributed by atoms with E-state index in [2.05, 4.69) is 15.6 Å². The molecule has 0 bridgehead atoms. The minimum atomic E-state index is -2.87. The lowest BCUT2D eigenvalue weighted by Crippen LogP contribution is -2.24. The standard InChI is InChI=1S/C18H21N3O3S/c22-18(21-11-14-4-2-1-3-5-14)17-10-16(6-8-19-17)20-12-15-7-9-25(23,24)13-15/h1-6,8,10,15H,7,9,11-13H2,(H,19,20)(H,21,22). The van der Waals surface area contributed by atoms with E-state index in [1.807, 2.05) is 30.3 Å². The van der Waals surface area contributed by atoms with Crippen molar-refractivity contribution in [3.63, 3.8) is 0 Å². The second-order valence-corrected chi connectivity index (χ2v) is 8.48. The quantitative estimate of drug-likeness (QED) is 0.822. The van der Waals surface area contributed by atoms with Crippen molar-refractivity contribution in [2.75, 3.05) is 23.4 Å². The monoisotopic (exact) mass is 359 g/mol. The first-order valence-corrected chi connectivity index (χ1v) is 10.1. The van der Waals surface area contributed by atoms with Gasteiger partial charge in [-0.2, -0.15) is 0 Å². The van der Waals surface area contributed by atoms with E-state index in [0.29, 0.717) is 25.2 Å². The predicted octanol–water partition coefficient (Wildman–Crippen LogP) is 1.86. The lowest BCUT2D eigenvalue weighted by Gasteiger charge is -2.11. The molecule has 1 aromatic carbocycles. The minimum absolute atomic E-state index is 0.119. The Kier molecular flexibility index (Phi) is 5.33. The van der Waals surface area contributed by atoms with Gasteiger partial charge in [-0.05, 0) is 30.0 Å². The van der Waals surface area contributed by atoms with Crippen LogP contribution in [-0.2, 0) is 16.4 Å². The molecule has 0 aliphatic carbocycles. The Labute approximate surface area is 147 Å². The van der Waals surface area contributed by atoms with Gasteiger partial charge in [0, 0.05) is 25.0 Å². The number of aromatic nitrogens is 1. The topological polar surface area (TPSA) is 88.2 Å². The molecule has 0 spiro atoms. The number of nitrogens with zero attached hydrogens (tertiary/aromatic N) is 1. The summed E-state index contributed by atoms with van der Waals surface area (Å²) in [6.07, 6.45) is 2.26. The lowest BCUT2D eigenvalue weighted by atomic mass is 10.1. The molecule has 1 aliphatic heterocycles. The summed E-state index contributed by atoms with van der Waals surface area (Å²) in [5.41, 5.74) is 2.12. The number of anilines is 1. The average molecular weight is 359 g/mol. The van der Waals surface area contributed by atoms with Crippen LogP contribution in [0, 0.1) is 5.92 Å². The number of hydrogen-bond acceptors (Lipinski definition) is 5. The van der Waals surface area contributed by atoms with Gasteiger partial charge in [-0.15, -0.1) is 0 Å². The van der Waals surface area contributed by atoms with E-state index in [4.69, 9.17) is 0 Å². The molecule has 3 rings (SSSR count). The maximum Gasteiger partial charge on any atom is 0.270 e. The van der Waals surface area contributed by atoms with Gasteiger partial charge < -0.3 is 10.6 Å². The molecule has 1 aromatic heterocycles. The average Bonchev–Trinajstić information content (AvgIpc) is 2.98. The summed E-state index contributed by atoms with van der Waals surface area (Å²) < 4.78 is 23.0. The largest absolute Gasteiger partial charge is 0.385 e. The Hall–Kier alpha value is -2.41. The molecule has 0 saturated carbocycles. The SMILES string of the molecule is O=C(NCc1ccccc1)c1cc(NCC2CCS(=O)(=O)C2)ccn1. The van der Waals surface area contributed by atoms with Crippen molar-refractivity contribution in [2.45, 2.75) is 13.0 Å². The summed E-state index contributed by atoms with van der Waals surface area (Å²) in [6, 6.07) is 13.1. The smallest absolute Gasteiger partial charge is 0.270 e. The van der Waals surface area contributed by atoms with Crippen molar-refractivity contribution in [1.29, 1.82) is 0 Å². The molecule has 7 heteroatoms. The highest BCUT2D eigenvalue weighted by Crippen LogP contribution is 2.19. The van der Waals surface area contributed by atoms with Gasteiger partial charge in [0.1, 0.15) is 5.69 Å². The number of hydrogen-bond donors (Lipinski definition) is 2. The van der Waals surface area contributed by atoms with Crippen LogP contribution in [0.25, 0.3) is 0 Å². The van der Waals surface area contributed by atoms with E-state index in [0.717, 1.165) is 11.3 Å². The van der Waals surface area contributed by atoms with Crippen LogP contribution in [-0.4, -0.2) is 37.4 Å². The molecule has 1 aliphatic rings. The van der Waals surface area contributed by atoms with Gasteiger partial charge in [-0.3, -0.25) is 9.78 Å². The van der Waals surface area contributed by atoms with E-state index in [-0.39, 0.29) is 23.3 Å². The van der Waals surface area contributed by atoms with Crippen molar-refractivity contribution in [1.82, 2.24) is 10.3 Å². The van der Waals surface area contributed by atoms with E-state index in [1.165, 1.54) is 0 Å². The van der Waals surface area contributed by atoms with Crippen LogP contribution in [0.15, 0.2) is 48.7 Å². The van der Waals surface area contributed by atoms with Crippen molar-refractivity contribution < 1.29 is 13.2 Å². The van der Waals surface area contributed by atoms with Gasteiger partial charge in [0.15, 0.2) is 9.84 Å². The molecule has 2 heterocycles. The molecule has 2 aromatic rings. The number of sulfone groups is 1. The molecule has 1 fully saturated rings. The van der Waals surface area contributed by atoms with Gasteiger partial charge in [-0.25, -0.2) is 8.42 Å². The Balaban J connectivity index is 1.54. The molecule has 1 amide bonds. The fourth-order valence-corrected chi connectivity index (χ4v) is 4.69. The molecule has 1 atom stereocenters. The van der Waals surface area contributed by atoms with Gasteiger partial charge in [0.2, 0.25) is 0 Å². The number of nitrogens with one attached hydrogen (secondary N) is 2. The Morgan fingerprint density at radius 2 is 2.00 bits per heavy atom. The Morgan fingerprint density at radius 3 is 2.72 bits per heavy atom. The molecule has 2 N–H and O–H groups in total.